The Bertz CT molecular complexity index is 3240. The van der Waals surface area contributed by atoms with Crippen LogP contribution in [-0.4, -0.2) is 176 Å². The molecule has 0 amide bonds. The average molecular weight is 1200 g/mol. The molecular formula is C67H89N15O4S. The fourth-order valence-electron chi connectivity index (χ4n) is 12.4. The number of carbonyl (C=O) groups is 3. The second kappa shape index (κ2) is 30.4. The van der Waals surface area contributed by atoms with E-state index in [0.29, 0.717) is 47.8 Å². The summed E-state index contributed by atoms with van der Waals surface area (Å²) in [5.74, 6) is 2.27. The number of benzene rings is 3. The molecule has 3 aliphatic heterocycles. The monoisotopic (exact) mass is 1200 g/mol. The Morgan fingerprint density at radius 2 is 0.954 bits per heavy atom. The molecule has 0 radical (unpaired) electrons. The lowest BCUT2D eigenvalue weighted by Gasteiger charge is -2.34. The van der Waals surface area contributed by atoms with Gasteiger partial charge >= 0.3 is 0 Å². The van der Waals surface area contributed by atoms with Crippen molar-refractivity contribution in [3.63, 3.8) is 0 Å². The zero-order valence-electron chi connectivity index (χ0n) is 51.9. The number of ketones is 3. The number of aromatic nitrogens is 9. The first kappa shape index (κ1) is 62.5. The molecule has 3 fully saturated rings. The minimum atomic E-state index is 0.0284. The van der Waals surface area contributed by atoms with E-state index >= 15 is 0 Å². The molecule has 0 saturated carbocycles. The molecule has 0 aliphatic carbocycles. The molecule has 20 heteroatoms. The quantitative estimate of drug-likeness (QED) is 0.0415. The number of rotatable bonds is 24. The number of oxazole rings is 1. The van der Waals surface area contributed by atoms with E-state index in [9.17, 15) is 14.4 Å². The van der Waals surface area contributed by atoms with Crippen LogP contribution in [-0.2, 0) is 19.3 Å². The summed E-state index contributed by atoms with van der Waals surface area (Å²) in [6.07, 6.45) is 15.3. The summed E-state index contributed by atoms with van der Waals surface area (Å²) >= 11 is 1.44. The maximum atomic E-state index is 12.8. The van der Waals surface area contributed by atoms with Crippen LogP contribution in [0.2, 0.25) is 0 Å². The van der Waals surface area contributed by atoms with E-state index in [1.165, 1.54) is 63.4 Å². The maximum Gasteiger partial charge on any atom is 0.297 e. The number of nitrogens with zero attached hydrogens (tertiary/aromatic N) is 11. The van der Waals surface area contributed by atoms with E-state index in [4.69, 9.17) is 4.42 Å². The molecule has 19 nitrogen and oxygen atoms in total. The molecule has 3 aromatic carbocycles. The van der Waals surface area contributed by atoms with Gasteiger partial charge in [0.1, 0.15) is 0 Å². The summed E-state index contributed by atoms with van der Waals surface area (Å²) in [5.41, 5.74) is 7.20. The summed E-state index contributed by atoms with van der Waals surface area (Å²) in [6.45, 7) is 28.1. The van der Waals surface area contributed by atoms with Gasteiger partial charge in [0, 0.05) is 149 Å². The molecule has 4 N–H and O–H groups in total. The molecule has 9 aromatic rings. The van der Waals surface area contributed by atoms with Gasteiger partial charge in [-0.3, -0.25) is 34.2 Å². The van der Waals surface area contributed by atoms with Crippen molar-refractivity contribution in [2.24, 2.45) is 17.8 Å². The smallest absolute Gasteiger partial charge is 0.297 e. The third-order valence-electron chi connectivity index (χ3n) is 17.1. The highest BCUT2D eigenvalue weighted by Crippen LogP contribution is 2.29. The zero-order chi connectivity index (χ0) is 60.7. The Hall–Kier alpha value is -7.52. The molecule has 12 rings (SSSR count). The third-order valence-corrected chi connectivity index (χ3v) is 18.1. The maximum absolute atomic E-state index is 12.8. The van der Waals surface area contributed by atoms with Gasteiger partial charge in [0.15, 0.2) is 33.9 Å². The normalized spacial score (nSPS) is 16.4. The average Bonchev–Trinajstić information content (AvgIpc) is 4.62. The fourth-order valence-corrected chi connectivity index (χ4v) is 13.3. The molecule has 462 valence electrons. The molecule has 3 saturated heterocycles. The van der Waals surface area contributed by atoms with Crippen LogP contribution < -0.4 is 14.7 Å². The van der Waals surface area contributed by atoms with Crippen LogP contribution in [0.15, 0.2) is 102 Å². The first-order valence-corrected chi connectivity index (χ1v) is 32.6. The zero-order valence-corrected chi connectivity index (χ0v) is 52.7. The number of Topliss-reactive ketones (excluding diaryl/α,β-unsaturated/α-hetero) is 3. The predicted molar refractivity (Wildman–Crippen MR) is 350 cm³/mol. The van der Waals surface area contributed by atoms with Crippen molar-refractivity contribution in [2.75, 3.05) is 113 Å². The van der Waals surface area contributed by atoms with Gasteiger partial charge in [-0.05, 0) is 111 Å². The fraction of sp³-hybridized carbons (Fsp3) is 0.493. The number of anilines is 3. The van der Waals surface area contributed by atoms with Crippen LogP contribution >= 0.6 is 11.3 Å². The molecule has 3 aliphatic rings. The van der Waals surface area contributed by atoms with Gasteiger partial charge in [-0.1, -0.05) is 107 Å². The van der Waals surface area contributed by atoms with Crippen molar-refractivity contribution in [3.8, 4) is 0 Å². The molecular weight excluding hydrogens is 1110 g/mol. The number of carbonyl (C=O) groups excluding carboxylic acids is 3. The van der Waals surface area contributed by atoms with Crippen molar-refractivity contribution < 1.29 is 18.8 Å². The Morgan fingerprint density at radius 3 is 1.43 bits per heavy atom. The highest BCUT2D eigenvalue weighted by atomic mass is 32.1. The molecule has 0 bridgehead atoms. The van der Waals surface area contributed by atoms with E-state index in [1.807, 2.05) is 30.3 Å². The molecule has 3 unspecified atom stereocenters. The highest BCUT2D eigenvalue weighted by Gasteiger charge is 2.27. The Labute approximate surface area is 515 Å². The van der Waals surface area contributed by atoms with Crippen molar-refractivity contribution in [1.82, 2.24) is 60.0 Å². The van der Waals surface area contributed by atoms with Gasteiger partial charge in [-0.25, -0.2) is 4.98 Å². The van der Waals surface area contributed by atoms with Gasteiger partial charge < -0.3 is 34.1 Å². The molecule has 6 aromatic heterocycles. The van der Waals surface area contributed by atoms with Gasteiger partial charge in [0.2, 0.25) is 11.1 Å². The van der Waals surface area contributed by atoms with E-state index in [-0.39, 0.29) is 35.1 Å². The largest absolute Gasteiger partial charge is 0.420 e. The highest BCUT2D eigenvalue weighted by molar-refractivity contribution is 7.17. The standard InChI is InChI=1S/C23H30N4O2.C22H30N6O.C22H29N5OS/c1-3-8-26-9-11-27(12-10-26)23-25-16-22(29-23)21(28)14-17(2)13-18-15-24-20-7-5-4-6-19(18)20;1-3-8-27-9-11-28(12-10-27)22-24-21(25-26-22)20(29)14-16(2)13-17-15-23-19-7-5-4-6-18(17)19;1-3-8-26-9-11-27(12-10-26)22-25-24-21(29-22)20(28)14-16(2)13-17-15-23-19-7-5-4-6-18(17)19/h4-7,15-17,24H,3,8-14H2,1-2H3;4-7,15-16,23H,3,8-14H2,1-2H3,(H,24,25,26);4-7,15-16,23H,3,8-14H2,1-2H3. The predicted octanol–water partition coefficient (Wildman–Crippen LogP) is 11.4. The van der Waals surface area contributed by atoms with E-state index in [2.05, 4.69) is 177 Å². The van der Waals surface area contributed by atoms with Crippen LogP contribution in [0.25, 0.3) is 32.7 Å². The van der Waals surface area contributed by atoms with Crippen LogP contribution in [0.3, 0.4) is 0 Å². The number of hydrogen-bond acceptors (Lipinski definition) is 16. The molecule has 9 heterocycles. The SMILES string of the molecule is CCCN1CCN(c2n[nH]c(C(=O)CC(C)Cc3c[nH]c4ccccc34)n2)CC1.CCCN1CCN(c2ncc(C(=O)CC(C)Cc3c[nH]c4ccccc34)o2)CC1.CCCN1CCN(c2nnc(C(=O)CC(C)Cc3c[nH]c4ccccc34)s2)CC1. The number of aromatic amines is 4. The summed E-state index contributed by atoms with van der Waals surface area (Å²) in [6, 6.07) is 25.4. The topological polar surface area (TPSA) is 211 Å². The lowest BCUT2D eigenvalue weighted by Crippen LogP contribution is -2.46. The Kier molecular flexibility index (Phi) is 21.9. The Morgan fingerprint density at radius 1 is 0.529 bits per heavy atom. The second-order valence-corrected chi connectivity index (χ2v) is 25.2. The molecule has 87 heavy (non-hydrogen) atoms. The lowest BCUT2D eigenvalue weighted by molar-refractivity contribution is 0.0933. The van der Waals surface area contributed by atoms with Crippen molar-refractivity contribution >= 4 is 78.5 Å². The number of fused-ring (bicyclic) bond motifs is 3. The van der Waals surface area contributed by atoms with Gasteiger partial charge in [-0.15, -0.1) is 15.3 Å². The summed E-state index contributed by atoms with van der Waals surface area (Å²) in [5, 5.41) is 20.8. The Balaban J connectivity index is 0.000000144. The van der Waals surface area contributed by atoms with Crippen molar-refractivity contribution in [1.29, 1.82) is 0 Å². The molecule has 0 spiro atoms. The second-order valence-electron chi connectivity index (χ2n) is 24.3. The van der Waals surface area contributed by atoms with E-state index in [1.54, 1.807) is 6.20 Å². The summed E-state index contributed by atoms with van der Waals surface area (Å²) in [7, 11) is 0. The molecule has 3 atom stereocenters. The van der Waals surface area contributed by atoms with Crippen LogP contribution in [0.1, 0.15) is 128 Å². The van der Waals surface area contributed by atoms with Crippen LogP contribution in [0.5, 0.6) is 0 Å². The lowest BCUT2D eigenvalue weighted by atomic mass is 9.95. The minimum absolute atomic E-state index is 0.0284. The summed E-state index contributed by atoms with van der Waals surface area (Å²) in [4.78, 5) is 70.9. The number of hydrogen-bond donors (Lipinski definition) is 4. The third kappa shape index (κ3) is 16.6. The van der Waals surface area contributed by atoms with Gasteiger partial charge in [0.25, 0.3) is 6.01 Å². The number of para-hydroxylation sites is 3. The van der Waals surface area contributed by atoms with Crippen LogP contribution in [0, 0.1) is 17.8 Å². The number of piperazine rings is 3. The number of nitrogens with one attached hydrogen (secondary N) is 4. The van der Waals surface area contributed by atoms with E-state index < -0.39 is 0 Å². The number of H-pyrrole nitrogens is 4. The first-order chi connectivity index (χ1) is 42.4. The minimum Gasteiger partial charge on any atom is -0.420 e. The van der Waals surface area contributed by atoms with Gasteiger partial charge in [0.05, 0.1) is 6.20 Å². The van der Waals surface area contributed by atoms with Crippen LogP contribution in [0.4, 0.5) is 17.1 Å². The summed E-state index contributed by atoms with van der Waals surface area (Å²) < 4.78 is 5.83. The van der Waals surface area contributed by atoms with Gasteiger partial charge in [-0.2, -0.15) is 4.98 Å². The first-order valence-electron chi connectivity index (χ1n) is 31.8. The van der Waals surface area contributed by atoms with Crippen molar-refractivity contribution in [3.05, 3.63) is 131 Å². The van der Waals surface area contributed by atoms with E-state index in [0.717, 1.165) is 139 Å². The van der Waals surface area contributed by atoms with Crippen molar-refractivity contribution in [2.45, 2.75) is 99.3 Å².